The normalized spacial score (nSPS) is 14.6. The molecule has 3 rings (SSSR count). The van der Waals surface area contributed by atoms with Gasteiger partial charge in [0.2, 0.25) is 11.8 Å². The Morgan fingerprint density at radius 1 is 1.04 bits per heavy atom. The van der Waals surface area contributed by atoms with Gasteiger partial charge < -0.3 is 15.7 Å². The first kappa shape index (κ1) is 17.2. The molecule has 0 aliphatic heterocycles. The molecule has 0 bridgehead atoms. The topological polar surface area (TPSA) is 78.4 Å². The highest BCUT2D eigenvalue weighted by Gasteiger charge is 2.29. The number of amides is 2. The van der Waals surface area contributed by atoms with Crippen molar-refractivity contribution in [3.63, 3.8) is 0 Å². The third-order valence-corrected chi connectivity index (χ3v) is 4.25. The van der Waals surface area contributed by atoms with Crippen LogP contribution in [0.2, 0.25) is 0 Å². The number of aliphatic hydroxyl groups is 1. The minimum absolute atomic E-state index is 0.0686. The van der Waals surface area contributed by atoms with Crippen LogP contribution >= 0.6 is 0 Å². The average molecular weight is 338 g/mol. The summed E-state index contributed by atoms with van der Waals surface area (Å²) in [6, 6.07) is 16.3. The van der Waals surface area contributed by atoms with Crippen molar-refractivity contribution in [2.45, 2.75) is 25.3 Å². The molecular weight excluding hydrogens is 316 g/mol. The highest BCUT2D eigenvalue weighted by Crippen LogP contribution is 2.30. The fourth-order valence-corrected chi connectivity index (χ4v) is 2.65. The van der Waals surface area contributed by atoms with E-state index in [1.807, 2.05) is 54.6 Å². The molecule has 1 aliphatic rings. The van der Waals surface area contributed by atoms with Gasteiger partial charge in [0, 0.05) is 11.6 Å². The van der Waals surface area contributed by atoms with E-state index in [2.05, 4.69) is 10.6 Å². The van der Waals surface area contributed by atoms with Crippen LogP contribution in [-0.4, -0.2) is 23.5 Å². The Balaban J connectivity index is 1.54. The Morgan fingerprint density at radius 2 is 1.72 bits per heavy atom. The van der Waals surface area contributed by atoms with Crippen LogP contribution in [0.15, 0.2) is 54.6 Å². The molecule has 1 unspecified atom stereocenters. The first-order valence-corrected chi connectivity index (χ1v) is 8.50. The summed E-state index contributed by atoms with van der Waals surface area (Å²) < 4.78 is 0. The number of carbonyl (C=O) groups is 2. The second-order valence-corrected chi connectivity index (χ2v) is 6.35. The first-order valence-electron chi connectivity index (χ1n) is 8.50. The molecule has 0 heterocycles. The van der Waals surface area contributed by atoms with Crippen molar-refractivity contribution in [3.8, 4) is 0 Å². The van der Waals surface area contributed by atoms with Crippen molar-refractivity contribution >= 4 is 17.5 Å². The maximum Gasteiger partial charge on any atom is 0.227 e. The predicted molar refractivity (Wildman–Crippen MR) is 95.9 cm³/mol. The summed E-state index contributed by atoms with van der Waals surface area (Å²) in [5.74, 6) is 0.0793. The number of hydrogen-bond donors (Lipinski definition) is 3. The summed E-state index contributed by atoms with van der Waals surface area (Å²) in [5, 5.41) is 15.2. The SMILES string of the molecule is O=C(Cc1ccc(NC(=O)C2CC2)cc1)NC(CO)c1ccccc1. The average Bonchev–Trinajstić information content (AvgIpc) is 3.47. The van der Waals surface area contributed by atoms with E-state index in [4.69, 9.17) is 0 Å². The van der Waals surface area contributed by atoms with Crippen LogP contribution in [-0.2, 0) is 16.0 Å². The molecular formula is C20H22N2O3. The smallest absolute Gasteiger partial charge is 0.227 e. The van der Waals surface area contributed by atoms with E-state index in [0.717, 1.165) is 29.7 Å². The summed E-state index contributed by atoms with van der Waals surface area (Å²) >= 11 is 0. The molecule has 0 saturated heterocycles. The lowest BCUT2D eigenvalue weighted by Gasteiger charge is -2.16. The van der Waals surface area contributed by atoms with Crippen LogP contribution in [0.5, 0.6) is 0 Å². The second-order valence-electron chi connectivity index (χ2n) is 6.35. The maximum absolute atomic E-state index is 12.2. The Morgan fingerprint density at radius 3 is 2.32 bits per heavy atom. The van der Waals surface area contributed by atoms with Crippen molar-refractivity contribution in [3.05, 3.63) is 65.7 Å². The van der Waals surface area contributed by atoms with Crippen molar-refractivity contribution in [1.29, 1.82) is 0 Å². The van der Waals surface area contributed by atoms with Gasteiger partial charge in [-0.05, 0) is 36.1 Å². The van der Waals surface area contributed by atoms with E-state index in [-0.39, 0.29) is 30.8 Å². The van der Waals surface area contributed by atoms with Gasteiger partial charge in [0.15, 0.2) is 0 Å². The molecule has 2 aromatic carbocycles. The molecule has 1 saturated carbocycles. The van der Waals surface area contributed by atoms with Gasteiger partial charge in [-0.2, -0.15) is 0 Å². The number of hydrogen-bond acceptors (Lipinski definition) is 3. The summed E-state index contributed by atoms with van der Waals surface area (Å²) in [4.78, 5) is 24.0. The van der Waals surface area contributed by atoms with Crippen LogP contribution in [0.1, 0.15) is 30.0 Å². The number of benzene rings is 2. The third-order valence-electron chi connectivity index (χ3n) is 4.25. The van der Waals surface area contributed by atoms with Gasteiger partial charge >= 0.3 is 0 Å². The maximum atomic E-state index is 12.2. The fourth-order valence-electron chi connectivity index (χ4n) is 2.65. The summed E-state index contributed by atoms with van der Waals surface area (Å²) in [6.45, 7) is -0.151. The van der Waals surface area contributed by atoms with Gasteiger partial charge in [0.1, 0.15) is 0 Å². The lowest BCUT2D eigenvalue weighted by atomic mass is 10.1. The van der Waals surface area contributed by atoms with Crippen LogP contribution in [0.4, 0.5) is 5.69 Å². The molecule has 0 radical (unpaired) electrons. The molecule has 1 fully saturated rings. The minimum Gasteiger partial charge on any atom is -0.394 e. The molecule has 2 amide bonds. The van der Waals surface area contributed by atoms with E-state index >= 15 is 0 Å². The van der Waals surface area contributed by atoms with Crippen LogP contribution in [0, 0.1) is 5.92 Å². The molecule has 25 heavy (non-hydrogen) atoms. The van der Waals surface area contributed by atoms with Gasteiger partial charge in [0.25, 0.3) is 0 Å². The van der Waals surface area contributed by atoms with Gasteiger partial charge in [-0.3, -0.25) is 9.59 Å². The number of rotatable bonds is 7. The zero-order valence-corrected chi connectivity index (χ0v) is 13.9. The predicted octanol–water partition coefficient (Wildman–Crippen LogP) is 2.43. The Kier molecular flexibility index (Phi) is 5.46. The highest BCUT2D eigenvalue weighted by atomic mass is 16.3. The summed E-state index contributed by atoms with van der Waals surface area (Å²) in [7, 11) is 0. The molecule has 0 spiro atoms. The van der Waals surface area contributed by atoms with Crippen molar-refractivity contribution < 1.29 is 14.7 Å². The van der Waals surface area contributed by atoms with E-state index in [1.54, 1.807) is 0 Å². The fraction of sp³-hybridized carbons (Fsp3) is 0.300. The molecule has 1 atom stereocenters. The van der Waals surface area contributed by atoms with Gasteiger partial charge in [-0.25, -0.2) is 0 Å². The van der Waals surface area contributed by atoms with Crippen molar-refractivity contribution in [2.24, 2.45) is 5.92 Å². The zero-order valence-electron chi connectivity index (χ0n) is 13.9. The van der Waals surface area contributed by atoms with Crippen LogP contribution in [0.3, 0.4) is 0 Å². The summed E-state index contributed by atoms with van der Waals surface area (Å²) in [6.07, 6.45) is 2.16. The number of nitrogens with one attached hydrogen (secondary N) is 2. The van der Waals surface area contributed by atoms with Crippen LogP contribution < -0.4 is 10.6 Å². The van der Waals surface area contributed by atoms with Crippen LogP contribution in [0.25, 0.3) is 0 Å². The lowest BCUT2D eigenvalue weighted by molar-refractivity contribution is -0.121. The van der Waals surface area contributed by atoms with Gasteiger partial charge in [0.05, 0.1) is 19.1 Å². The van der Waals surface area contributed by atoms with E-state index in [1.165, 1.54) is 0 Å². The minimum atomic E-state index is -0.411. The molecule has 130 valence electrons. The van der Waals surface area contributed by atoms with Gasteiger partial charge in [-0.15, -0.1) is 0 Å². The molecule has 2 aromatic rings. The third kappa shape index (κ3) is 4.90. The van der Waals surface area contributed by atoms with E-state index in [9.17, 15) is 14.7 Å². The van der Waals surface area contributed by atoms with E-state index in [0.29, 0.717) is 0 Å². The quantitative estimate of drug-likeness (QED) is 0.725. The Hall–Kier alpha value is -2.66. The standard InChI is InChI=1S/C20H22N2O3/c23-13-18(15-4-2-1-3-5-15)22-19(24)12-14-6-10-17(11-7-14)21-20(25)16-8-9-16/h1-7,10-11,16,18,23H,8-9,12-13H2,(H,21,25)(H,22,24). The molecule has 0 aromatic heterocycles. The monoisotopic (exact) mass is 338 g/mol. The second kappa shape index (κ2) is 7.94. The zero-order chi connectivity index (χ0) is 17.6. The first-order chi connectivity index (χ1) is 12.2. The largest absolute Gasteiger partial charge is 0.394 e. The van der Waals surface area contributed by atoms with Gasteiger partial charge in [-0.1, -0.05) is 42.5 Å². The molecule has 3 N–H and O–H groups in total. The lowest BCUT2D eigenvalue weighted by Crippen LogP contribution is -2.31. The molecule has 5 nitrogen and oxygen atoms in total. The number of aliphatic hydroxyl groups excluding tert-OH is 1. The van der Waals surface area contributed by atoms with E-state index < -0.39 is 6.04 Å². The van der Waals surface area contributed by atoms with Crippen molar-refractivity contribution in [1.82, 2.24) is 5.32 Å². The Bertz CT molecular complexity index is 724. The highest BCUT2D eigenvalue weighted by molar-refractivity contribution is 5.94. The Labute approximate surface area is 147 Å². The number of carbonyl (C=O) groups excluding carboxylic acids is 2. The van der Waals surface area contributed by atoms with Crippen molar-refractivity contribution in [2.75, 3.05) is 11.9 Å². The molecule has 5 heteroatoms. The molecule has 1 aliphatic carbocycles. The number of anilines is 1. The summed E-state index contributed by atoms with van der Waals surface area (Å²) in [5.41, 5.74) is 2.47.